The number of amides is 1. The van der Waals surface area contributed by atoms with Crippen LogP contribution in [0.25, 0.3) is 11.3 Å². The molecule has 1 aliphatic heterocycles. The number of hydrogen-bond donors (Lipinski definition) is 2. The number of carbonyl (C=O) groups is 2. The van der Waals surface area contributed by atoms with Gasteiger partial charge in [0.25, 0.3) is 5.91 Å². The maximum atomic E-state index is 12.6. The molecule has 1 aromatic heterocycles. The Labute approximate surface area is 161 Å². The Morgan fingerprint density at radius 1 is 1.25 bits per heavy atom. The van der Waals surface area contributed by atoms with Crippen molar-refractivity contribution in [2.24, 2.45) is 0 Å². The van der Waals surface area contributed by atoms with Crippen molar-refractivity contribution in [2.75, 3.05) is 0 Å². The molecule has 0 spiro atoms. The summed E-state index contributed by atoms with van der Waals surface area (Å²) in [4.78, 5) is 32.1. The number of aromatic nitrogens is 2. The monoisotopic (exact) mass is 375 g/mol. The number of hydrogen-bond acceptors (Lipinski definition) is 5. The third-order valence-electron chi connectivity index (χ3n) is 4.80. The molecular weight excluding hydrogens is 358 g/mol. The van der Waals surface area contributed by atoms with Gasteiger partial charge in [-0.25, -0.2) is 14.8 Å². The molecule has 0 atom stereocenters. The molecule has 4 rings (SSSR count). The van der Waals surface area contributed by atoms with Gasteiger partial charge < -0.3 is 15.2 Å². The number of benzene rings is 2. The summed E-state index contributed by atoms with van der Waals surface area (Å²) >= 11 is 0. The van der Waals surface area contributed by atoms with Crippen LogP contribution in [-0.2, 0) is 13.2 Å². The number of carboxylic acid groups (broad SMARTS) is 1. The van der Waals surface area contributed by atoms with Crippen LogP contribution in [0.3, 0.4) is 0 Å². The fourth-order valence-corrected chi connectivity index (χ4v) is 3.25. The van der Waals surface area contributed by atoms with Crippen LogP contribution in [0.15, 0.2) is 48.9 Å². The van der Waals surface area contributed by atoms with E-state index in [-0.39, 0.29) is 18.0 Å². The standard InChI is InChI=1S/C21H17N3O4/c1-12-14(3-2-4-16(12)21(26)27)8-23-20(25)13-5-6-17-15(7-13)10-28-18-9-22-11-24-19(17)18/h2-7,9,11H,8,10H2,1H3,(H,23,25)(H,26,27). The van der Waals surface area contributed by atoms with Gasteiger partial charge in [-0.15, -0.1) is 0 Å². The van der Waals surface area contributed by atoms with Crippen LogP contribution in [0.5, 0.6) is 5.75 Å². The summed E-state index contributed by atoms with van der Waals surface area (Å²) in [5.41, 5.74) is 4.66. The molecule has 0 saturated heterocycles. The van der Waals surface area contributed by atoms with Gasteiger partial charge in [-0.1, -0.05) is 18.2 Å². The minimum Gasteiger partial charge on any atom is -0.485 e. The highest BCUT2D eigenvalue weighted by Gasteiger charge is 2.20. The van der Waals surface area contributed by atoms with E-state index in [0.29, 0.717) is 29.2 Å². The molecule has 0 fully saturated rings. The first-order valence-corrected chi connectivity index (χ1v) is 8.70. The number of rotatable bonds is 4. The number of aromatic carboxylic acids is 1. The molecule has 2 heterocycles. The summed E-state index contributed by atoms with van der Waals surface area (Å²) in [7, 11) is 0. The average molecular weight is 375 g/mol. The van der Waals surface area contributed by atoms with Crippen LogP contribution in [0.1, 0.15) is 37.4 Å². The predicted octanol–water partition coefficient (Wildman–Crippen LogP) is 2.97. The minimum atomic E-state index is -0.982. The quantitative estimate of drug-likeness (QED) is 0.727. The molecule has 1 amide bonds. The lowest BCUT2D eigenvalue weighted by atomic mass is 9.99. The highest BCUT2D eigenvalue weighted by atomic mass is 16.5. The highest BCUT2D eigenvalue weighted by molar-refractivity contribution is 5.95. The zero-order valence-electron chi connectivity index (χ0n) is 15.1. The number of fused-ring (bicyclic) bond motifs is 3. The Morgan fingerprint density at radius 3 is 2.93 bits per heavy atom. The largest absolute Gasteiger partial charge is 0.485 e. The fourth-order valence-electron chi connectivity index (χ4n) is 3.25. The van der Waals surface area contributed by atoms with E-state index in [1.807, 2.05) is 6.07 Å². The summed E-state index contributed by atoms with van der Waals surface area (Å²) < 4.78 is 5.65. The third-order valence-corrected chi connectivity index (χ3v) is 4.80. The molecule has 0 saturated carbocycles. The molecule has 28 heavy (non-hydrogen) atoms. The molecular formula is C21H17N3O4. The van der Waals surface area contributed by atoms with Gasteiger partial charge in [0.15, 0.2) is 5.75 Å². The first kappa shape index (κ1) is 17.7. The van der Waals surface area contributed by atoms with Crippen molar-refractivity contribution in [3.63, 3.8) is 0 Å². The van der Waals surface area contributed by atoms with Gasteiger partial charge in [0.1, 0.15) is 18.6 Å². The lowest BCUT2D eigenvalue weighted by Gasteiger charge is -2.19. The first-order chi connectivity index (χ1) is 13.5. The SMILES string of the molecule is Cc1c(CNC(=O)c2ccc3c(c2)COc2cncnc2-3)cccc1C(=O)O. The van der Waals surface area contributed by atoms with E-state index in [1.54, 1.807) is 43.5 Å². The van der Waals surface area contributed by atoms with E-state index in [2.05, 4.69) is 15.3 Å². The second kappa shape index (κ2) is 7.11. The number of carbonyl (C=O) groups excluding carboxylic acids is 1. The Morgan fingerprint density at radius 2 is 2.11 bits per heavy atom. The topological polar surface area (TPSA) is 101 Å². The molecule has 2 aromatic carbocycles. The molecule has 7 heteroatoms. The zero-order chi connectivity index (χ0) is 19.7. The summed E-state index contributed by atoms with van der Waals surface area (Å²) in [6.45, 7) is 2.33. The maximum absolute atomic E-state index is 12.6. The highest BCUT2D eigenvalue weighted by Crippen LogP contribution is 2.35. The Balaban J connectivity index is 1.53. The molecule has 140 valence electrons. The number of ether oxygens (including phenoxy) is 1. The second-order valence-electron chi connectivity index (χ2n) is 6.47. The number of nitrogens with one attached hydrogen (secondary N) is 1. The Hall–Kier alpha value is -3.74. The third kappa shape index (κ3) is 3.18. The van der Waals surface area contributed by atoms with Crippen molar-refractivity contribution >= 4 is 11.9 Å². The van der Waals surface area contributed by atoms with Crippen molar-refractivity contribution in [1.82, 2.24) is 15.3 Å². The van der Waals surface area contributed by atoms with Crippen LogP contribution < -0.4 is 10.1 Å². The molecule has 7 nitrogen and oxygen atoms in total. The van der Waals surface area contributed by atoms with E-state index in [4.69, 9.17) is 4.74 Å². The van der Waals surface area contributed by atoms with Crippen LogP contribution in [0, 0.1) is 6.92 Å². The van der Waals surface area contributed by atoms with E-state index in [9.17, 15) is 14.7 Å². The van der Waals surface area contributed by atoms with Gasteiger partial charge in [0.2, 0.25) is 0 Å². The van der Waals surface area contributed by atoms with Crippen LogP contribution in [0.2, 0.25) is 0 Å². The molecule has 2 N–H and O–H groups in total. The van der Waals surface area contributed by atoms with Crippen molar-refractivity contribution in [2.45, 2.75) is 20.1 Å². The summed E-state index contributed by atoms with van der Waals surface area (Å²) in [6.07, 6.45) is 3.09. The summed E-state index contributed by atoms with van der Waals surface area (Å²) in [5, 5.41) is 12.1. The van der Waals surface area contributed by atoms with Gasteiger partial charge in [-0.05, 0) is 41.8 Å². The van der Waals surface area contributed by atoms with E-state index < -0.39 is 5.97 Å². The van der Waals surface area contributed by atoms with Gasteiger partial charge >= 0.3 is 5.97 Å². The van der Waals surface area contributed by atoms with Gasteiger partial charge in [-0.2, -0.15) is 0 Å². The molecule has 0 aliphatic carbocycles. The summed E-state index contributed by atoms with van der Waals surface area (Å²) in [6, 6.07) is 10.4. The lowest BCUT2D eigenvalue weighted by Crippen LogP contribution is -2.24. The maximum Gasteiger partial charge on any atom is 0.335 e. The van der Waals surface area contributed by atoms with Crippen molar-refractivity contribution in [3.05, 3.63) is 76.7 Å². The van der Waals surface area contributed by atoms with E-state index >= 15 is 0 Å². The summed E-state index contributed by atoms with van der Waals surface area (Å²) in [5.74, 6) is -0.596. The molecule has 0 bridgehead atoms. The van der Waals surface area contributed by atoms with Gasteiger partial charge in [0.05, 0.1) is 11.8 Å². The Kier molecular flexibility index (Phi) is 4.49. The molecule has 0 radical (unpaired) electrons. The van der Waals surface area contributed by atoms with Crippen molar-refractivity contribution < 1.29 is 19.4 Å². The molecule has 3 aromatic rings. The smallest absolute Gasteiger partial charge is 0.335 e. The van der Waals surface area contributed by atoms with Crippen molar-refractivity contribution in [1.29, 1.82) is 0 Å². The second-order valence-corrected chi connectivity index (χ2v) is 6.47. The number of nitrogens with zero attached hydrogens (tertiary/aromatic N) is 2. The van der Waals surface area contributed by atoms with Crippen molar-refractivity contribution in [3.8, 4) is 17.0 Å². The Bertz CT molecular complexity index is 1090. The van der Waals surface area contributed by atoms with E-state index in [0.717, 1.165) is 16.7 Å². The van der Waals surface area contributed by atoms with E-state index in [1.165, 1.54) is 6.33 Å². The normalized spacial score (nSPS) is 11.8. The fraction of sp³-hybridized carbons (Fsp3) is 0.143. The van der Waals surface area contributed by atoms with Crippen LogP contribution in [-0.4, -0.2) is 27.0 Å². The molecule has 1 aliphatic rings. The van der Waals surface area contributed by atoms with Gasteiger partial charge in [-0.3, -0.25) is 4.79 Å². The lowest BCUT2D eigenvalue weighted by molar-refractivity contribution is 0.0696. The van der Waals surface area contributed by atoms with Gasteiger partial charge in [0, 0.05) is 17.7 Å². The predicted molar refractivity (Wildman–Crippen MR) is 101 cm³/mol. The van der Waals surface area contributed by atoms with Crippen LogP contribution in [0.4, 0.5) is 0 Å². The zero-order valence-corrected chi connectivity index (χ0v) is 15.1. The molecule has 0 unspecified atom stereocenters. The average Bonchev–Trinajstić information content (AvgIpc) is 2.72. The minimum absolute atomic E-state index is 0.235. The van der Waals surface area contributed by atoms with Crippen LogP contribution >= 0.6 is 0 Å². The first-order valence-electron chi connectivity index (χ1n) is 8.70. The number of carboxylic acids is 1.